The molecule has 0 aliphatic carbocycles. The van der Waals surface area contributed by atoms with Gasteiger partial charge in [0.2, 0.25) is 0 Å². The fourth-order valence-electron chi connectivity index (χ4n) is 2.23. The zero-order chi connectivity index (χ0) is 18.2. The Labute approximate surface area is 146 Å². The number of hydrogen-bond donors (Lipinski definition) is 3. The summed E-state index contributed by atoms with van der Waals surface area (Å²) in [5.74, 6) is -0.0965. The molecule has 0 aliphatic rings. The molecule has 0 fully saturated rings. The number of nitrogens with zero attached hydrogens (tertiary/aromatic N) is 2. The molecule has 2 rings (SSSR count). The number of carbonyl (C=O) groups excluding carboxylic acids is 2. The van der Waals surface area contributed by atoms with Crippen LogP contribution in [0.4, 0.5) is 0 Å². The van der Waals surface area contributed by atoms with Gasteiger partial charge in [-0.2, -0.15) is 0 Å². The Kier molecular flexibility index (Phi) is 6.53. The smallest absolute Gasteiger partial charge is 0.272 e. The second-order valence-electron chi connectivity index (χ2n) is 5.68. The molecular formula is C17H23N5O3. The lowest BCUT2D eigenvalue weighted by Crippen LogP contribution is -2.33. The van der Waals surface area contributed by atoms with Crippen LogP contribution in [0.3, 0.4) is 0 Å². The van der Waals surface area contributed by atoms with Crippen LogP contribution in [-0.2, 0) is 6.54 Å². The molecule has 0 atom stereocenters. The minimum absolute atomic E-state index is 0.0799. The predicted molar refractivity (Wildman–Crippen MR) is 93.6 cm³/mol. The van der Waals surface area contributed by atoms with E-state index in [1.807, 2.05) is 43.3 Å². The van der Waals surface area contributed by atoms with Crippen LogP contribution in [0.25, 0.3) is 0 Å². The maximum absolute atomic E-state index is 12.4. The van der Waals surface area contributed by atoms with Gasteiger partial charge in [0, 0.05) is 25.2 Å². The summed E-state index contributed by atoms with van der Waals surface area (Å²) < 4.78 is 5.25. The van der Waals surface area contributed by atoms with Crippen LogP contribution >= 0.6 is 0 Å². The molecule has 25 heavy (non-hydrogen) atoms. The van der Waals surface area contributed by atoms with Crippen molar-refractivity contribution in [3.63, 3.8) is 0 Å². The van der Waals surface area contributed by atoms with E-state index in [9.17, 15) is 9.59 Å². The van der Waals surface area contributed by atoms with Gasteiger partial charge < -0.3 is 25.3 Å². The standard InChI is InChI=1S/C17H23N5O3/c1-22(2)9-8-18-16(23)14-15(21-11-20-14)17(24)19-10-12-6-4-5-7-13(12)25-3/h4-7,11H,8-10H2,1-3H3,(H,18,23)(H,19,24)(H,20,21). The van der Waals surface area contributed by atoms with E-state index in [1.54, 1.807) is 7.11 Å². The van der Waals surface area contributed by atoms with E-state index < -0.39 is 5.91 Å². The number of aromatic amines is 1. The van der Waals surface area contributed by atoms with E-state index in [2.05, 4.69) is 20.6 Å². The van der Waals surface area contributed by atoms with Crippen molar-refractivity contribution in [2.45, 2.75) is 6.54 Å². The van der Waals surface area contributed by atoms with Crippen molar-refractivity contribution in [1.29, 1.82) is 0 Å². The van der Waals surface area contributed by atoms with Crippen molar-refractivity contribution in [2.24, 2.45) is 0 Å². The Morgan fingerprint density at radius 1 is 1.20 bits per heavy atom. The first-order chi connectivity index (χ1) is 12.0. The molecule has 134 valence electrons. The fraction of sp³-hybridized carbons (Fsp3) is 0.353. The van der Waals surface area contributed by atoms with Crippen LogP contribution in [0.1, 0.15) is 26.5 Å². The summed E-state index contributed by atoms with van der Waals surface area (Å²) >= 11 is 0. The lowest BCUT2D eigenvalue weighted by atomic mass is 10.2. The zero-order valence-electron chi connectivity index (χ0n) is 14.6. The van der Waals surface area contributed by atoms with Gasteiger partial charge in [0.1, 0.15) is 11.4 Å². The molecule has 1 aromatic heterocycles. The van der Waals surface area contributed by atoms with Gasteiger partial charge in [0.15, 0.2) is 5.69 Å². The van der Waals surface area contributed by atoms with Crippen molar-refractivity contribution in [3.05, 3.63) is 47.5 Å². The number of methoxy groups -OCH3 is 1. The quantitative estimate of drug-likeness (QED) is 0.652. The number of ether oxygens (including phenoxy) is 1. The normalized spacial score (nSPS) is 10.6. The molecule has 2 amide bonds. The molecule has 8 heteroatoms. The number of hydrogen-bond acceptors (Lipinski definition) is 5. The number of rotatable bonds is 8. The number of amides is 2. The maximum Gasteiger partial charge on any atom is 0.272 e. The molecule has 0 saturated heterocycles. The second-order valence-corrected chi connectivity index (χ2v) is 5.68. The van der Waals surface area contributed by atoms with Gasteiger partial charge in [-0.1, -0.05) is 18.2 Å². The summed E-state index contributed by atoms with van der Waals surface area (Å²) in [7, 11) is 5.40. The van der Waals surface area contributed by atoms with Gasteiger partial charge in [-0.3, -0.25) is 9.59 Å². The number of carbonyl (C=O) groups is 2. The Balaban J connectivity index is 1.98. The zero-order valence-corrected chi connectivity index (χ0v) is 14.6. The Morgan fingerprint density at radius 2 is 1.96 bits per heavy atom. The topological polar surface area (TPSA) is 99.3 Å². The molecule has 0 radical (unpaired) electrons. The van der Waals surface area contributed by atoms with Crippen molar-refractivity contribution in [1.82, 2.24) is 25.5 Å². The average molecular weight is 345 g/mol. The van der Waals surface area contributed by atoms with Crippen LogP contribution < -0.4 is 15.4 Å². The van der Waals surface area contributed by atoms with E-state index in [-0.39, 0.29) is 23.8 Å². The molecule has 0 bridgehead atoms. The first kappa shape index (κ1) is 18.5. The van der Waals surface area contributed by atoms with Crippen LogP contribution in [0, 0.1) is 0 Å². The minimum atomic E-state index is -0.402. The molecule has 0 spiro atoms. The summed E-state index contributed by atoms with van der Waals surface area (Å²) in [4.78, 5) is 33.2. The van der Waals surface area contributed by atoms with Gasteiger partial charge in [-0.05, 0) is 20.2 Å². The van der Waals surface area contributed by atoms with E-state index in [0.29, 0.717) is 18.8 Å². The number of likely N-dealkylation sites (N-methyl/N-ethyl adjacent to an activating group) is 1. The van der Waals surface area contributed by atoms with E-state index in [4.69, 9.17) is 4.74 Å². The lowest BCUT2D eigenvalue weighted by Gasteiger charge is -2.11. The molecular weight excluding hydrogens is 322 g/mol. The largest absolute Gasteiger partial charge is 0.496 e. The molecule has 1 heterocycles. The highest BCUT2D eigenvalue weighted by atomic mass is 16.5. The molecule has 2 aromatic rings. The first-order valence-electron chi connectivity index (χ1n) is 7.89. The molecule has 0 saturated carbocycles. The Hall–Kier alpha value is -2.87. The summed E-state index contributed by atoms with van der Waals surface area (Å²) in [6, 6.07) is 7.40. The first-order valence-corrected chi connectivity index (χ1v) is 7.89. The highest BCUT2D eigenvalue weighted by molar-refractivity contribution is 6.04. The van der Waals surface area contributed by atoms with Crippen LogP contribution in [0.2, 0.25) is 0 Å². The highest BCUT2D eigenvalue weighted by Gasteiger charge is 2.20. The monoisotopic (exact) mass is 345 g/mol. The number of para-hydroxylation sites is 1. The van der Waals surface area contributed by atoms with E-state index in [1.165, 1.54) is 6.33 Å². The van der Waals surface area contributed by atoms with Crippen LogP contribution in [0.15, 0.2) is 30.6 Å². The molecule has 8 nitrogen and oxygen atoms in total. The van der Waals surface area contributed by atoms with Gasteiger partial charge in [-0.15, -0.1) is 0 Å². The molecule has 1 aromatic carbocycles. The Bertz CT molecular complexity index is 727. The van der Waals surface area contributed by atoms with Crippen molar-refractivity contribution in [2.75, 3.05) is 34.3 Å². The summed E-state index contributed by atoms with van der Waals surface area (Å²) in [6.45, 7) is 1.45. The number of nitrogens with one attached hydrogen (secondary N) is 3. The number of aromatic nitrogens is 2. The Morgan fingerprint density at radius 3 is 2.68 bits per heavy atom. The van der Waals surface area contributed by atoms with Gasteiger partial charge in [0.25, 0.3) is 11.8 Å². The summed E-state index contributed by atoms with van der Waals surface area (Å²) in [5, 5.41) is 5.51. The molecule has 0 unspecified atom stereocenters. The predicted octanol–water partition coefficient (Wildman–Crippen LogP) is 0.640. The van der Waals surface area contributed by atoms with Crippen LogP contribution in [-0.4, -0.2) is 61.0 Å². The number of benzene rings is 1. The van der Waals surface area contributed by atoms with E-state index in [0.717, 1.165) is 5.56 Å². The number of H-pyrrole nitrogens is 1. The molecule has 3 N–H and O–H groups in total. The second kappa shape index (κ2) is 8.84. The number of imidazole rings is 1. The van der Waals surface area contributed by atoms with Gasteiger partial charge in [-0.25, -0.2) is 4.98 Å². The van der Waals surface area contributed by atoms with Gasteiger partial charge >= 0.3 is 0 Å². The van der Waals surface area contributed by atoms with Crippen LogP contribution in [0.5, 0.6) is 5.75 Å². The fourth-order valence-corrected chi connectivity index (χ4v) is 2.23. The minimum Gasteiger partial charge on any atom is -0.496 e. The van der Waals surface area contributed by atoms with Crippen molar-refractivity contribution in [3.8, 4) is 5.75 Å². The average Bonchev–Trinajstić information content (AvgIpc) is 3.09. The third kappa shape index (κ3) is 5.05. The molecule has 0 aliphatic heterocycles. The third-order valence-corrected chi connectivity index (χ3v) is 3.56. The van der Waals surface area contributed by atoms with Gasteiger partial charge in [0.05, 0.1) is 13.4 Å². The summed E-state index contributed by atoms with van der Waals surface area (Å²) in [6.07, 6.45) is 1.33. The summed E-state index contributed by atoms with van der Waals surface area (Å²) in [5.41, 5.74) is 1.06. The lowest BCUT2D eigenvalue weighted by molar-refractivity contribution is 0.0911. The highest BCUT2D eigenvalue weighted by Crippen LogP contribution is 2.16. The van der Waals surface area contributed by atoms with Crippen molar-refractivity contribution >= 4 is 11.8 Å². The van der Waals surface area contributed by atoms with E-state index >= 15 is 0 Å². The SMILES string of the molecule is COc1ccccc1CNC(=O)c1[nH]cnc1C(=O)NCCN(C)C. The maximum atomic E-state index is 12.4. The third-order valence-electron chi connectivity index (χ3n) is 3.56. The van der Waals surface area contributed by atoms with Crippen molar-refractivity contribution < 1.29 is 14.3 Å².